The Morgan fingerprint density at radius 2 is 2.05 bits per heavy atom. The molecule has 0 unspecified atom stereocenters. The summed E-state index contributed by atoms with van der Waals surface area (Å²) in [5.41, 5.74) is 2.75. The van der Waals surface area contributed by atoms with Crippen molar-refractivity contribution in [3.63, 3.8) is 0 Å². The van der Waals surface area contributed by atoms with E-state index in [1.165, 1.54) is 18.4 Å². The van der Waals surface area contributed by atoms with E-state index in [0.717, 1.165) is 43.3 Å². The van der Waals surface area contributed by atoms with Crippen molar-refractivity contribution >= 4 is 17.4 Å². The van der Waals surface area contributed by atoms with Crippen LogP contribution in [0.25, 0.3) is 0 Å². The standard InChI is InChI=1S/C15H20N4O/c1-11(12-8-16-9-12)15(20)18-13-4-5-14(17-10-13)19-6-2-3-7-19/h4-5,10,16H,2-3,6-9H2,1H3,(H,18,20). The average molecular weight is 272 g/mol. The van der Waals surface area contributed by atoms with E-state index in [4.69, 9.17) is 0 Å². The van der Waals surface area contributed by atoms with Crippen molar-refractivity contribution in [2.45, 2.75) is 19.8 Å². The van der Waals surface area contributed by atoms with Crippen LogP contribution in [0.4, 0.5) is 11.5 Å². The zero-order valence-corrected chi connectivity index (χ0v) is 11.8. The molecule has 0 atom stereocenters. The van der Waals surface area contributed by atoms with Crippen LogP contribution in [0.2, 0.25) is 0 Å². The lowest BCUT2D eigenvalue weighted by atomic mass is 10.0. The predicted octanol–water partition coefficient (Wildman–Crippen LogP) is 1.54. The van der Waals surface area contributed by atoms with Gasteiger partial charge < -0.3 is 15.5 Å². The lowest BCUT2D eigenvalue weighted by molar-refractivity contribution is -0.112. The van der Waals surface area contributed by atoms with Crippen LogP contribution in [0, 0.1) is 0 Å². The third-order valence-corrected chi connectivity index (χ3v) is 3.98. The van der Waals surface area contributed by atoms with Crippen molar-refractivity contribution in [1.82, 2.24) is 10.3 Å². The van der Waals surface area contributed by atoms with Crippen LogP contribution in [-0.2, 0) is 4.79 Å². The predicted molar refractivity (Wildman–Crippen MR) is 79.9 cm³/mol. The molecule has 1 amide bonds. The van der Waals surface area contributed by atoms with Crippen LogP contribution in [0.5, 0.6) is 0 Å². The molecule has 2 saturated heterocycles. The van der Waals surface area contributed by atoms with E-state index in [9.17, 15) is 4.79 Å². The minimum atomic E-state index is -0.0303. The SMILES string of the molecule is CC(C(=O)Nc1ccc(N2CCCC2)nc1)=C1CNC1. The first-order valence-corrected chi connectivity index (χ1v) is 7.16. The number of aromatic nitrogens is 1. The van der Waals surface area contributed by atoms with Gasteiger partial charge in [-0.1, -0.05) is 0 Å². The molecule has 1 aromatic rings. The lowest BCUT2D eigenvalue weighted by Crippen LogP contribution is -2.36. The van der Waals surface area contributed by atoms with Gasteiger partial charge in [-0.2, -0.15) is 0 Å². The summed E-state index contributed by atoms with van der Waals surface area (Å²) in [6.07, 6.45) is 4.21. The number of pyridine rings is 1. The second-order valence-electron chi connectivity index (χ2n) is 5.39. The smallest absolute Gasteiger partial charge is 0.251 e. The first-order chi connectivity index (χ1) is 9.74. The van der Waals surface area contributed by atoms with Crippen LogP contribution in [0.3, 0.4) is 0 Å². The van der Waals surface area contributed by atoms with Crippen LogP contribution in [-0.4, -0.2) is 37.1 Å². The lowest BCUT2D eigenvalue weighted by Gasteiger charge is -2.21. The Kier molecular flexibility index (Phi) is 3.69. The van der Waals surface area contributed by atoms with Crippen LogP contribution in [0.15, 0.2) is 29.5 Å². The molecule has 3 rings (SSSR count). The summed E-state index contributed by atoms with van der Waals surface area (Å²) in [5, 5.41) is 6.05. The van der Waals surface area contributed by atoms with Gasteiger partial charge in [0.15, 0.2) is 0 Å². The Balaban J connectivity index is 1.64. The molecule has 5 heteroatoms. The number of nitrogens with one attached hydrogen (secondary N) is 2. The molecule has 106 valence electrons. The van der Waals surface area contributed by atoms with Gasteiger partial charge in [0.1, 0.15) is 5.82 Å². The first-order valence-electron chi connectivity index (χ1n) is 7.16. The fourth-order valence-corrected chi connectivity index (χ4v) is 2.49. The molecule has 0 aromatic carbocycles. The number of amides is 1. The molecule has 0 bridgehead atoms. The number of carbonyl (C=O) groups excluding carboxylic acids is 1. The van der Waals surface area contributed by atoms with Crippen molar-refractivity contribution < 1.29 is 4.79 Å². The van der Waals surface area contributed by atoms with E-state index in [1.54, 1.807) is 6.20 Å². The molecule has 5 nitrogen and oxygen atoms in total. The zero-order valence-electron chi connectivity index (χ0n) is 11.8. The Hall–Kier alpha value is -1.88. The summed E-state index contributed by atoms with van der Waals surface area (Å²) in [5.74, 6) is 0.969. The highest BCUT2D eigenvalue weighted by Gasteiger charge is 2.17. The van der Waals surface area contributed by atoms with Crippen LogP contribution >= 0.6 is 0 Å². The second-order valence-corrected chi connectivity index (χ2v) is 5.39. The van der Waals surface area contributed by atoms with Gasteiger partial charge in [0.05, 0.1) is 11.9 Å². The summed E-state index contributed by atoms with van der Waals surface area (Å²) in [6.45, 7) is 5.68. The van der Waals surface area contributed by atoms with Gasteiger partial charge in [0.2, 0.25) is 0 Å². The maximum Gasteiger partial charge on any atom is 0.251 e. The van der Waals surface area contributed by atoms with Gasteiger partial charge in [-0.3, -0.25) is 4.79 Å². The largest absolute Gasteiger partial charge is 0.357 e. The third kappa shape index (κ3) is 2.67. The van der Waals surface area contributed by atoms with Crippen LogP contribution < -0.4 is 15.5 Å². The quantitative estimate of drug-likeness (QED) is 0.820. The van der Waals surface area contributed by atoms with Crippen LogP contribution in [0.1, 0.15) is 19.8 Å². The summed E-state index contributed by atoms with van der Waals surface area (Å²) in [4.78, 5) is 18.8. The highest BCUT2D eigenvalue weighted by atomic mass is 16.1. The van der Waals surface area contributed by atoms with Crippen molar-refractivity contribution in [3.8, 4) is 0 Å². The Bertz CT molecular complexity index is 523. The van der Waals surface area contributed by atoms with Gasteiger partial charge in [0.25, 0.3) is 5.91 Å². The van der Waals surface area contributed by atoms with E-state index in [2.05, 4.69) is 20.5 Å². The number of nitrogens with zero attached hydrogens (tertiary/aromatic N) is 2. The van der Waals surface area contributed by atoms with Gasteiger partial charge in [-0.25, -0.2) is 4.98 Å². The first kappa shape index (κ1) is 13.1. The molecule has 2 aliphatic heterocycles. The molecule has 2 N–H and O–H groups in total. The monoisotopic (exact) mass is 272 g/mol. The number of hydrogen-bond acceptors (Lipinski definition) is 4. The second kappa shape index (κ2) is 5.63. The highest BCUT2D eigenvalue weighted by Crippen LogP contribution is 2.19. The fourth-order valence-electron chi connectivity index (χ4n) is 2.49. The zero-order chi connectivity index (χ0) is 13.9. The Labute approximate surface area is 119 Å². The van der Waals surface area contributed by atoms with Crippen molar-refractivity contribution in [1.29, 1.82) is 0 Å². The fraction of sp³-hybridized carbons (Fsp3) is 0.467. The Morgan fingerprint density at radius 1 is 1.30 bits per heavy atom. The number of hydrogen-bond donors (Lipinski definition) is 2. The van der Waals surface area contributed by atoms with E-state index in [0.29, 0.717) is 0 Å². The molecule has 1 aromatic heterocycles. The van der Waals surface area contributed by atoms with Gasteiger partial charge in [-0.05, 0) is 37.5 Å². The summed E-state index contributed by atoms with van der Waals surface area (Å²) in [6, 6.07) is 3.91. The van der Waals surface area contributed by atoms with Gasteiger partial charge in [0, 0.05) is 31.8 Å². The number of anilines is 2. The third-order valence-electron chi connectivity index (χ3n) is 3.98. The maximum atomic E-state index is 12.1. The highest BCUT2D eigenvalue weighted by molar-refractivity contribution is 6.04. The van der Waals surface area contributed by atoms with Crippen molar-refractivity contribution in [2.75, 3.05) is 36.4 Å². The molecule has 2 fully saturated rings. The molecule has 2 aliphatic rings. The summed E-state index contributed by atoms with van der Waals surface area (Å²) >= 11 is 0. The van der Waals surface area contributed by atoms with E-state index >= 15 is 0 Å². The molecule has 0 saturated carbocycles. The summed E-state index contributed by atoms with van der Waals surface area (Å²) in [7, 11) is 0. The van der Waals surface area contributed by atoms with Gasteiger partial charge >= 0.3 is 0 Å². The molecule has 0 aliphatic carbocycles. The maximum absolute atomic E-state index is 12.1. The minimum absolute atomic E-state index is 0.0303. The normalized spacial score (nSPS) is 17.9. The Morgan fingerprint density at radius 3 is 2.60 bits per heavy atom. The number of carbonyl (C=O) groups is 1. The minimum Gasteiger partial charge on any atom is -0.357 e. The van der Waals surface area contributed by atoms with E-state index in [1.807, 2.05) is 19.1 Å². The molecule has 0 spiro atoms. The van der Waals surface area contributed by atoms with E-state index in [-0.39, 0.29) is 5.91 Å². The topological polar surface area (TPSA) is 57.3 Å². The summed E-state index contributed by atoms with van der Waals surface area (Å²) < 4.78 is 0. The number of rotatable bonds is 3. The van der Waals surface area contributed by atoms with E-state index < -0.39 is 0 Å². The molecule has 3 heterocycles. The van der Waals surface area contributed by atoms with Gasteiger partial charge in [-0.15, -0.1) is 0 Å². The molecule has 0 radical (unpaired) electrons. The van der Waals surface area contributed by atoms with Crippen molar-refractivity contribution in [2.24, 2.45) is 0 Å². The molecule has 20 heavy (non-hydrogen) atoms. The molecular formula is C15H20N4O. The average Bonchev–Trinajstić information content (AvgIpc) is 2.91. The molecular weight excluding hydrogens is 252 g/mol. The van der Waals surface area contributed by atoms with Crippen molar-refractivity contribution in [3.05, 3.63) is 29.5 Å².